The van der Waals surface area contributed by atoms with Crippen LogP contribution in [-0.4, -0.2) is 127 Å². The highest BCUT2D eigenvalue weighted by Gasteiger charge is 2.52. The van der Waals surface area contributed by atoms with E-state index in [2.05, 4.69) is 0 Å². The number of aromatic hydroxyl groups is 4. The fraction of sp³-hybridized carbons (Fsp3) is 0.483. The molecule has 2 aliphatic heterocycles. The number of carbonyl (C=O) groups excluding carboxylic acids is 1. The zero-order chi connectivity index (χ0) is 32.1. The molecule has 10 atom stereocenters. The molecule has 0 amide bonds. The van der Waals surface area contributed by atoms with Crippen LogP contribution in [0.2, 0.25) is 0 Å². The van der Waals surface area contributed by atoms with Gasteiger partial charge in [-0.15, -0.1) is 0 Å². The lowest BCUT2D eigenvalue weighted by atomic mass is 9.97. The van der Waals surface area contributed by atoms with Crippen molar-refractivity contribution >= 4 is 12.0 Å². The number of aliphatic hydroxyl groups excluding tert-OH is 5. The quantitative estimate of drug-likeness (QED) is 0.0873. The second-order valence-corrected chi connectivity index (χ2v) is 10.4. The third-order valence-electron chi connectivity index (χ3n) is 7.27. The molecule has 0 saturated carbocycles. The summed E-state index contributed by atoms with van der Waals surface area (Å²) in [4.78, 5) is 12.8. The maximum atomic E-state index is 12.8. The van der Waals surface area contributed by atoms with Crippen LogP contribution >= 0.6 is 0 Å². The first kappa shape index (κ1) is 33.4. The van der Waals surface area contributed by atoms with Crippen LogP contribution in [0.15, 0.2) is 42.5 Å². The molecular formula is C29H36O15. The van der Waals surface area contributed by atoms with E-state index in [1.807, 2.05) is 0 Å². The summed E-state index contributed by atoms with van der Waals surface area (Å²) < 4.78 is 28.2. The summed E-state index contributed by atoms with van der Waals surface area (Å²) in [6.07, 6.45) is -12.6. The Morgan fingerprint density at radius 2 is 1.50 bits per heavy atom. The molecule has 15 nitrogen and oxygen atoms in total. The molecule has 15 heteroatoms. The molecular weight excluding hydrogens is 588 g/mol. The summed E-state index contributed by atoms with van der Waals surface area (Å²) >= 11 is 0. The number of phenolic OH excluding ortho intramolecular Hbond substituents is 4. The van der Waals surface area contributed by atoms with Crippen molar-refractivity contribution in [2.45, 2.75) is 74.8 Å². The largest absolute Gasteiger partial charge is 0.504 e. The van der Waals surface area contributed by atoms with Gasteiger partial charge < -0.3 is 69.6 Å². The predicted molar refractivity (Wildman–Crippen MR) is 147 cm³/mol. The standard InChI is InChI=1S/C29H36O15/c1-13-22(36)23(37)24(38)29(41-13)44-27-25(39)28(40-9-8-15-3-6-17(32)19(34)11-15)42-20(12-30)26(27)43-21(35)7-4-14-2-5-16(31)18(33)10-14/h2-7,10-11,13,20,22-34,36-39H,8-9,12H2,1H3/b7-4+/t13-,20-,22-,23+,24+,25+,26?,27+,28+,29?/m0/s1. The Labute approximate surface area is 251 Å². The molecule has 0 aromatic heterocycles. The van der Waals surface area contributed by atoms with E-state index in [4.69, 9.17) is 23.7 Å². The molecule has 2 heterocycles. The molecule has 44 heavy (non-hydrogen) atoms. The van der Waals surface area contributed by atoms with Crippen molar-refractivity contribution in [3.63, 3.8) is 0 Å². The summed E-state index contributed by atoms with van der Waals surface area (Å²) in [5.41, 5.74) is 0.914. The number of aliphatic hydroxyl groups is 5. The first-order chi connectivity index (χ1) is 20.9. The molecule has 2 aromatic carbocycles. The molecule has 242 valence electrons. The zero-order valence-corrected chi connectivity index (χ0v) is 23.5. The van der Waals surface area contributed by atoms with Gasteiger partial charge in [-0.2, -0.15) is 0 Å². The SMILES string of the molecule is C[C@@H]1OC(O[C@H]2C(OC(=O)/C=C/c3ccc(O)c(O)c3)[C@H](CO)O[C@@H](OCCc3ccc(O)c(O)c3)[C@@H]2O)[C@H](O)[C@H](O)[C@H]1O. The maximum absolute atomic E-state index is 12.8. The van der Waals surface area contributed by atoms with E-state index in [9.17, 15) is 50.8 Å². The average Bonchev–Trinajstić information content (AvgIpc) is 2.99. The maximum Gasteiger partial charge on any atom is 0.331 e. The zero-order valence-electron chi connectivity index (χ0n) is 23.5. The van der Waals surface area contributed by atoms with Gasteiger partial charge in [0.25, 0.3) is 0 Å². The van der Waals surface area contributed by atoms with E-state index in [0.29, 0.717) is 11.1 Å². The minimum Gasteiger partial charge on any atom is -0.504 e. The molecule has 4 rings (SSSR count). The van der Waals surface area contributed by atoms with Gasteiger partial charge in [-0.3, -0.25) is 0 Å². The van der Waals surface area contributed by atoms with Crippen molar-refractivity contribution < 1.29 is 74.4 Å². The van der Waals surface area contributed by atoms with E-state index in [1.54, 1.807) is 6.07 Å². The Balaban J connectivity index is 1.52. The third-order valence-corrected chi connectivity index (χ3v) is 7.27. The summed E-state index contributed by atoms with van der Waals surface area (Å²) in [6.45, 7) is 0.606. The van der Waals surface area contributed by atoms with E-state index in [1.165, 1.54) is 43.3 Å². The molecule has 0 spiro atoms. The van der Waals surface area contributed by atoms with E-state index in [0.717, 1.165) is 6.08 Å². The van der Waals surface area contributed by atoms with Crippen LogP contribution in [0.1, 0.15) is 18.1 Å². The number of ether oxygens (including phenoxy) is 5. The highest BCUT2D eigenvalue weighted by Crippen LogP contribution is 2.32. The van der Waals surface area contributed by atoms with E-state index < -0.39 is 79.7 Å². The lowest BCUT2D eigenvalue weighted by molar-refractivity contribution is -0.357. The van der Waals surface area contributed by atoms with Gasteiger partial charge in [0.1, 0.15) is 36.6 Å². The van der Waals surface area contributed by atoms with Crippen molar-refractivity contribution in [3.05, 3.63) is 53.6 Å². The first-order valence-corrected chi connectivity index (χ1v) is 13.7. The smallest absolute Gasteiger partial charge is 0.331 e. The molecule has 2 unspecified atom stereocenters. The summed E-state index contributed by atoms with van der Waals surface area (Å²) in [7, 11) is 0. The Bertz CT molecular complexity index is 1300. The number of phenols is 4. The minimum absolute atomic E-state index is 0.0754. The van der Waals surface area contributed by atoms with Crippen molar-refractivity contribution in [2.75, 3.05) is 13.2 Å². The lowest BCUT2D eigenvalue weighted by Crippen LogP contribution is -2.65. The van der Waals surface area contributed by atoms with Gasteiger partial charge in [0.2, 0.25) is 0 Å². The molecule has 0 radical (unpaired) electrons. The van der Waals surface area contributed by atoms with E-state index >= 15 is 0 Å². The van der Waals surface area contributed by atoms with Crippen LogP contribution in [-0.2, 0) is 34.9 Å². The Morgan fingerprint density at radius 1 is 0.818 bits per heavy atom. The van der Waals surface area contributed by atoms with Crippen LogP contribution in [0.4, 0.5) is 0 Å². The van der Waals surface area contributed by atoms with Gasteiger partial charge >= 0.3 is 5.97 Å². The lowest BCUT2D eigenvalue weighted by Gasteiger charge is -2.46. The molecule has 2 aliphatic rings. The second-order valence-electron chi connectivity index (χ2n) is 10.4. The summed E-state index contributed by atoms with van der Waals surface area (Å²) in [5.74, 6) is -2.40. The predicted octanol–water partition coefficient (Wildman–Crippen LogP) is -1.02. The molecule has 2 fully saturated rings. The number of hydrogen-bond donors (Lipinski definition) is 9. The van der Waals surface area contributed by atoms with Gasteiger partial charge in [-0.1, -0.05) is 12.1 Å². The number of esters is 1. The molecule has 0 aliphatic carbocycles. The third kappa shape index (κ3) is 7.76. The van der Waals surface area contributed by atoms with Gasteiger partial charge in [0.05, 0.1) is 19.3 Å². The summed E-state index contributed by atoms with van der Waals surface area (Å²) in [6, 6.07) is 7.98. The van der Waals surface area contributed by atoms with Crippen LogP contribution in [0.3, 0.4) is 0 Å². The average molecular weight is 625 g/mol. The molecule has 2 aromatic rings. The normalized spacial score (nSPS) is 32.5. The number of carbonyl (C=O) groups is 1. The Hall–Kier alpha value is -3.51. The van der Waals surface area contributed by atoms with Crippen LogP contribution in [0, 0.1) is 0 Å². The number of hydrogen-bond acceptors (Lipinski definition) is 15. The Kier molecular flexibility index (Phi) is 11.0. The first-order valence-electron chi connectivity index (χ1n) is 13.7. The molecule has 9 N–H and O–H groups in total. The minimum atomic E-state index is -1.77. The second kappa shape index (κ2) is 14.5. The van der Waals surface area contributed by atoms with Gasteiger partial charge in [-0.25, -0.2) is 4.79 Å². The Morgan fingerprint density at radius 3 is 2.16 bits per heavy atom. The van der Waals surface area contributed by atoms with Crippen molar-refractivity contribution in [3.8, 4) is 23.0 Å². The highest BCUT2D eigenvalue weighted by atomic mass is 16.7. The van der Waals surface area contributed by atoms with Gasteiger partial charge in [-0.05, 0) is 54.8 Å². The van der Waals surface area contributed by atoms with Gasteiger partial charge in [0, 0.05) is 6.08 Å². The molecule has 2 saturated heterocycles. The molecule has 0 bridgehead atoms. The van der Waals surface area contributed by atoms with Gasteiger partial charge in [0.15, 0.2) is 41.7 Å². The fourth-order valence-corrected chi connectivity index (χ4v) is 4.76. The summed E-state index contributed by atoms with van der Waals surface area (Å²) in [5, 5.41) is 90.5. The van der Waals surface area contributed by atoms with Crippen molar-refractivity contribution in [2.24, 2.45) is 0 Å². The van der Waals surface area contributed by atoms with Crippen LogP contribution in [0.25, 0.3) is 6.08 Å². The fourth-order valence-electron chi connectivity index (χ4n) is 4.76. The van der Waals surface area contributed by atoms with E-state index in [-0.39, 0.29) is 30.3 Å². The number of rotatable bonds is 10. The highest BCUT2D eigenvalue weighted by molar-refractivity contribution is 5.87. The monoisotopic (exact) mass is 624 g/mol. The number of benzene rings is 2. The van der Waals surface area contributed by atoms with Crippen molar-refractivity contribution in [1.82, 2.24) is 0 Å². The topological polar surface area (TPSA) is 245 Å². The van der Waals surface area contributed by atoms with Crippen molar-refractivity contribution in [1.29, 1.82) is 0 Å². The van der Waals surface area contributed by atoms with Crippen LogP contribution in [0.5, 0.6) is 23.0 Å². The van der Waals surface area contributed by atoms with Crippen LogP contribution < -0.4 is 0 Å².